The van der Waals surface area contributed by atoms with Crippen LogP contribution in [0.4, 0.5) is 0 Å². The summed E-state index contributed by atoms with van der Waals surface area (Å²) in [4.78, 5) is 29.6. The predicted molar refractivity (Wildman–Crippen MR) is 52.3 cm³/mol. The van der Waals surface area contributed by atoms with Gasteiger partial charge in [-0.15, -0.1) is 0 Å². The molecule has 1 aromatic rings. The maximum atomic E-state index is 11.1. The van der Waals surface area contributed by atoms with E-state index in [0.29, 0.717) is 6.61 Å². The fourth-order valence-corrected chi connectivity index (χ4v) is 1.04. The van der Waals surface area contributed by atoms with Gasteiger partial charge in [0.1, 0.15) is 6.61 Å². The number of unbranched alkanes of at least 4 members (excludes halogenated alkanes) is 2. The van der Waals surface area contributed by atoms with Crippen molar-refractivity contribution in [2.45, 2.75) is 26.2 Å². The maximum absolute atomic E-state index is 11.1. The molecule has 0 fully saturated rings. The summed E-state index contributed by atoms with van der Waals surface area (Å²) < 4.78 is 0.746. The Kier molecular flexibility index (Phi) is 3.97. The molecule has 5 heteroatoms. The highest BCUT2D eigenvalue weighted by Gasteiger charge is 1.99. The molecule has 5 nitrogen and oxygen atoms in total. The summed E-state index contributed by atoms with van der Waals surface area (Å²) in [6, 6.07) is 1.25. The Bertz CT molecular complexity index is 352. The van der Waals surface area contributed by atoms with E-state index >= 15 is 0 Å². The molecule has 14 heavy (non-hydrogen) atoms. The standard InChI is InChI=1S/C9H14N2O3/c1-2-3-4-7-14-11-8(12)5-6-10-9(11)13/h5-6H,2-4,7H2,1H3,(H,10,13). The Balaban J connectivity index is 2.59. The van der Waals surface area contributed by atoms with Gasteiger partial charge in [-0.2, -0.15) is 0 Å². The lowest BCUT2D eigenvalue weighted by Gasteiger charge is -2.04. The Morgan fingerprint density at radius 3 is 2.86 bits per heavy atom. The van der Waals surface area contributed by atoms with Crippen LogP contribution in [0.2, 0.25) is 0 Å². The van der Waals surface area contributed by atoms with Crippen molar-refractivity contribution in [2.75, 3.05) is 6.61 Å². The Labute approximate surface area is 81.3 Å². The third kappa shape index (κ3) is 2.76. The zero-order chi connectivity index (χ0) is 10.4. The molecule has 78 valence electrons. The van der Waals surface area contributed by atoms with Gasteiger partial charge < -0.3 is 9.82 Å². The molecule has 0 aromatic carbocycles. The number of rotatable bonds is 5. The van der Waals surface area contributed by atoms with Crippen LogP contribution < -0.4 is 16.1 Å². The molecule has 0 saturated heterocycles. The highest BCUT2D eigenvalue weighted by molar-refractivity contribution is 4.80. The molecule has 1 heterocycles. The van der Waals surface area contributed by atoms with E-state index < -0.39 is 11.2 Å². The van der Waals surface area contributed by atoms with Crippen LogP contribution in [-0.2, 0) is 0 Å². The molecular weight excluding hydrogens is 184 g/mol. The van der Waals surface area contributed by atoms with Gasteiger partial charge in [-0.3, -0.25) is 4.79 Å². The molecule has 1 N–H and O–H groups in total. The third-order valence-electron chi connectivity index (χ3n) is 1.79. The average Bonchev–Trinajstić information content (AvgIpc) is 2.16. The fourth-order valence-electron chi connectivity index (χ4n) is 1.04. The molecule has 1 rings (SSSR count). The van der Waals surface area contributed by atoms with Crippen molar-refractivity contribution >= 4 is 0 Å². The smallest absolute Gasteiger partial charge is 0.361 e. The van der Waals surface area contributed by atoms with Crippen LogP contribution in [0.5, 0.6) is 0 Å². The molecule has 0 amide bonds. The maximum Gasteiger partial charge on any atom is 0.361 e. The highest BCUT2D eigenvalue weighted by Crippen LogP contribution is 1.91. The molecule has 0 aliphatic carbocycles. The molecule has 0 spiro atoms. The SMILES string of the molecule is CCCCCOn1c(=O)cc[nH]c1=O. The molecule has 0 aliphatic heterocycles. The van der Waals surface area contributed by atoms with Crippen LogP contribution in [0.1, 0.15) is 26.2 Å². The number of hydrogen-bond acceptors (Lipinski definition) is 3. The van der Waals surface area contributed by atoms with Gasteiger partial charge >= 0.3 is 5.69 Å². The van der Waals surface area contributed by atoms with Crippen molar-refractivity contribution in [1.29, 1.82) is 0 Å². The van der Waals surface area contributed by atoms with Crippen LogP contribution in [0.25, 0.3) is 0 Å². The van der Waals surface area contributed by atoms with Gasteiger partial charge in [0, 0.05) is 12.3 Å². The quantitative estimate of drug-likeness (QED) is 0.685. The Morgan fingerprint density at radius 2 is 2.21 bits per heavy atom. The van der Waals surface area contributed by atoms with Crippen LogP contribution in [-0.4, -0.2) is 16.3 Å². The van der Waals surface area contributed by atoms with Crippen molar-refractivity contribution in [3.05, 3.63) is 33.1 Å². The minimum absolute atomic E-state index is 0.390. The van der Waals surface area contributed by atoms with E-state index in [1.807, 2.05) is 0 Å². The lowest BCUT2D eigenvalue weighted by Crippen LogP contribution is -2.39. The topological polar surface area (TPSA) is 64.1 Å². The first-order valence-electron chi connectivity index (χ1n) is 4.69. The second-order valence-electron chi connectivity index (χ2n) is 2.96. The van der Waals surface area contributed by atoms with Crippen LogP contribution in [0, 0.1) is 0 Å². The van der Waals surface area contributed by atoms with Crippen LogP contribution in [0.15, 0.2) is 21.9 Å². The minimum atomic E-state index is -0.533. The zero-order valence-electron chi connectivity index (χ0n) is 8.16. The molecule has 0 saturated carbocycles. The second kappa shape index (κ2) is 5.26. The predicted octanol–water partition coefficient (Wildman–Crippen LogP) is 0.155. The summed E-state index contributed by atoms with van der Waals surface area (Å²) in [7, 11) is 0. The first-order valence-corrected chi connectivity index (χ1v) is 4.69. The Hall–Kier alpha value is -1.52. The van der Waals surface area contributed by atoms with Gasteiger partial charge in [-0.25, -0.2) is 4.79 Å². The summed E-state index contributed by atoms with van der Waals surface area (Å²) in [6.45, 7) is 2.46. The molecule has 0 atom stereocenters. The van der Waals surface area contributed by atoms with E-state index in [0.717, 1.165) is 24.0 Å². The zero-order valence-corrected chi connectivity index (χ0v) is 8.16. The number of hydrogen-bond donors (Lipinski definition) is 1. The third-order valence-corrected chi connectivity index (χ3v) is 1.79. The number of H-pyrrole nitrogens is 1. The largest absolute Gasteiger partial charge is 0.406 e. The van der Waals surface area contributed by atoms with Gasteiger partial charge in [0.25, 0.3) is 5.56 Å². The van der Waals surface area contributed by atoms with Crippen molar-refractivity contribution in [3.63, 3.8) is 0 Å². The summed E-state index contributed by atoms with van der Waals surface area (Å²) in [5.74, 6) is 0. The van der Waals surface area contributed by atoms with E-state index in [-0.39, 0.29) is 0 Å². The second-order valence-corrected chi connectivity index (χ2v) is 2.96. The number of aromatic amines is 1. The first-order chi connectivity index (χ1) is 6.75. The molecular formula is C9H14N2O3. The van der Waals surface area contributed by atoms with E-state index in [1.54, 1.807) is 0 Å². The molecule has 0 radical (unpaired) electrons. The van der Waals surface area contributed by atoms with Gasteiger partial charge in [-0.05, 0) is 6.42 Å². The van der Waals surface area contributed by atoms with E-state index in [2.05, 4.69) is 11.9 Å². The number of nitrogens with zero attached hydrogens (tertiary/aromatic N) is 1. The average molecular weight is 198 g/mol. The van der Waals surface area contributed by atoms with Crippen molar-refractivity contribution < 1.29 is 4.84 Å². The van der Waals surface area contributed by atoms with Gasteiger partial charge in [-0.1, -0.05) is 24.5 Å². The van der Waals surface area contributed by atoms with E-state index in [1.165, 1.54) is 12.3 Å². The summed E-state index contributed by atoms with van der Waals surface area (Å²) in [5, 5.41) is 0. The molecule has 0 bridgehead atoms. The monoisotopic (exact) mass is 198 g/mol. The summed E-state index contributed by atoms with van der Waals surface area (Å²) in [5.41, 5.74) is -0.973. The summed E-state index contributed by atoms with van der Waals surface area (Å²) >= 11 is 0. The van der Waals surface area contributed by atoms with Gasteiger partial charge in [0.15, 0.2) is 0 Å². The first kappa shape index (κ1) is 10.6. The van der Waals surface area contributed by atoms with Gasteiger partial charge in [0.05, 0.1) is 0 Å². The van der Waals surface area contributed by atoms with E-state index in [4.69, 9.17) is 4.84 Å². The lowest BCUT2D eigenvalue weighted by molar-refractivity contribution is 0.0884. The van der Waals surface area contributed by atoms with Crippen molar-refractivity contribution in [2.24, 2.45) is 0 Å². The molecule has 0 aliphatic rings. The van der Waals surface area contributed by atoms with Crippen molar-refractivity contribution in [1.82, 2.24) is 9.71 Å². The molecule has 1 aromatic heterocycles. The lowest BCUT2D eigenvalue weighted by atomic mass is 10.3. The number of nitrogens with one attached hydrogen (secondary N) is 1. The van der Waals surface area contributed by atoms with Crippen molar-refractivity contribution in [3.8, 4) is 0 Å². The van der Waals surface area contributed by atoms with E-state index in [9.17, 15) is 9.59 Å². The van der Waals surface area contributed by atoms with Crippen LogP contribution in [0.3, 0.4) is 0 Å². The van der Waals surface area contributed by atoms with Crippen LogP contribution >= 0.6 is 0 Å². The number of aromatic nitrogens is 2. The summed E-state index contributed by atoms with van der Waals surface area (Å²) in [6.07, 6.45) is 4.25. The Morgan fingerprint density at radius 1 is 1.43 bits per heavy atom. The highest BCUT2D eigenvalue weighted by atomic mass is 16.7. The van der Waals surface area contributed by atoms with Gasteiger partial charge in [0.2, 0.25) is 0 Å². The normalized spacial score (nSPS) is 10.1. The molecule has 0 unspecified atom stereocenters. The minimum Gasteiger partial charge on any atom is -0.406 e. The fraction of sp³-hybridized carbons (Fsp3) is 0.556.